The molecule has 94 valence electrons. The van der Waals surface area contributed by atoms with Crippen molar-refractivity contribution in [2.45, 2.75) is 26.8 Å². The van der Waals surface area contributed by atoms with E-state index in [0.29, 0.717) is 13.1 Å². The summed E-state index contributed by atoms with van der Waals surface area (Å²) in [6.45, 7) is 6.90. The lowest BCUT2D eigenvalue weighted by molar-refractivity contribution is 0.630. The van der Waals surface area contributed by atoms with Crippen molar-refractivity contribution in [1.82, 2.24) is 5.32 Å². The van der Waals surface area contributed by atoms with Crippen molar-refractivity contribution in [2.75, 3.05) is 13.1 Å². The molecule has 1 rings (SSSR count). The zero-order chi connectivity index (χ0) is 13.5. The fourth-order valence-corrected chi connectivity index (χ4v) is 2.16. The maximum Gasteiger partial charge on any atom is 0.121 e. The van der Waals surface area contributed by atoms with E-state index < -0.39 is 0 Å². The fourth-order valence-electron chi connectivity index (χ4n) is 2.16. The Morgan fingerprint density at radius 1 is 1.39 bits per heavy atom. The highest BCUT2D eigenvalue weighted by molar-refractivity contribution is 5.41. The number of nitrogens with one attached hydrogen (secondary N) is 1. The molecule has 0 aliphatic heterocycles. The molecule has 0 aliphatic carbocycles. The summed E-state index contributed by atoms with van der Waals surface area (Å²) in [4.78, 5) is 2.68. The molecule has 1 unspecified atom stereocenters. The third kappa shape index (κ3) is 3.49. The number of aryl methyl sites for hydroxylation is 3. The van der Waals surface area contributed by atoms with Crippen molar-refractivity contribution >= 4 is 0 Å². The van der Waals surface area contributed by atoms with Gasteiger partial charge in [0.05, 0.1) is 6.07 Å². The van der Waals surface area contributed by atoms with Crippen LogP contribution in [0, 0.1) is 32.1 Å². The Bertz CT molecular complexity index is 486. The van der Waals surface area contributed by atoms with Crippen LogP contribution in [-0.4, -0.2) is 13.1 Å². The molecule has 0 heterocycles. The average Bonchev–Trinajstić information content (AvgIpc) is 2.31. The van der Waals surface area contributed by atoms with Crippen LogP contribution in [0.3, 0.4) is 0 Å². The first-order valence-electron chi connectivity index (χ1n) is 5.81. The van der Waals surface area contributed by atoms with Gasteiger partial charge in [0, 0.05) is 18.0 Å². The Balaban J connectivity index is 2.89. The average molecular weight is 243 g/mol. The van der Waals surface area contributed by atoms with Gasteiger partial charge in [-0.15, -0.1) is 0 Å². The lowest BCUT2D eigenvalue weighted by Gasteiger charge is -2.17. The van der Waals surface area contributed by atoms with Gasteiger partial charge in [-0.3, -0.25) is 5.32 Å². The summed E-state index contributed by atoms with van der Waals surface area (Å²) in [5, 5.41) is 15.8. The van der Waals surface area contributed by atoms with Gasteiger partial charge in [-0.05, 0) is 43.0 Å². The molecule has 0 spiro atoms. The van der Waals surface area contributed by atoms with Gasteiger partial charge in [0.25, 0.3) is 0 Å². The minimum absolute atomic E-state index is 0.346. The van der Waals surface area contributed by atoms with Crippen molar-refractivity contribution in [3.05, 3.63) is 44.8 Å². The maximum absolute atomic E-state index is 9.24. The van der Waals surface area contributed by atoms with Gasteiger partial charge in [-0.2, -0.15) is 5.26 Å². The van der Waals surface area contributed by atoms with Gasteiger partial charge in [0.1, 0.15) is 6.04 Å². The molecule has 18 heavy (non-hydrogen) atoms. The topological polar surface area (TPSA) is 84.6 Å². The number of benzene rings is 1. The summed E-state index contributed by atoms with van der Waals surface area (Å²) in [6, 6.07) is 6.03. The predicted molar refractivity (Wildman–Crippen MR) is 71.0 cm³/mol. The maximum atomic E-state index is 9.24. The molecule has 0 radical (unpaired) electrons. The predicted octanol–water partition coefficient (Wildman–Crippen LogP) is 3.08. The number of nitriles is 1. The smallest absolute Gasteiger partial charge is 0.121 e. The Morgan fingerprint density at radius 3 is 2.50 bits per heavy atom. The molecule has 1 atom stereocenters. The van der Waals surface area contributed by atoms with Gasteiger partial charge in [0.2, 0.25) is 0 Å². The summed E-state index contributed by atoms with van der Waals surface area (Å²) in [5.41, 5.74) is 12.6. The van der Waals surface area contributed by atoms with E-state index in [1.807, 2.05) is 20.8 Å². The van der Waals surface area contributed by atoms with Gasteiger partial charge >= 0.3 is 0 Å². The van der Waals surface area contributed by atoms with E-state index in [1.165, 1.54) is 5.56 Å². The van der Waals surface area contributed by atoms with Gasteiger partial charge in [0.15, 0.2) is 0 Å². The molecule has 1 aromatic carbocycles. The first-order valence-corrected chi connectivity index (χ1v) is 5.81. The molecule has 0 saturated heterocycles. The second-order valence-electron chi connectivity index (χ2n) is 4.28. The summed E-state index contributed by atoms with van der Waals surface area (Å²) < 4.78 is 0. The minimum atomic E-state index is -0.362. The molecule has 0 fully saturated rings. The summed E-state index contributed by atoms with van der Waals surface area (Å²) in [7, 11) is 0. The lowest BCUT2D eigenvalue weighted by Crippen LogP contribution is -2.24. The highest BCUT2D eigenvalue weighted by Gasteiger charge is 2.14. The van der Waals surface area contributed by atoms with Crippen LogP contribution < -0.4 is 5.32 Å². The molecule has 1 N–H and O–H groups in total. The van der Waals surface area contributed by atoms with E-state index in [9.17, 15) is 5.26 Å². The quantitative estimate of drug-likeness (QED) is 0.373. The van der Waals surface area contributed by atoms with Crippen molar-refractivity contribution in [3.63, 3.8) is 0 Å². The van der Waals surface area contributed by atoms with Crippen LogP contribution in [-0.2, 0) is 0 Å². The standard InChI is InChI=1S/C13H17N5/c1-9-6-10(2)13(11(3)7-9)12(8-14)16-4-5-17-18-15/h6-7,12,16H,4-5H2,1-3H3. The number of rotatable bonds is 5. The lowest BCUT2D eigenvalue weighted by atomic mass is 9.94. The number of nitrogens with zero attached hydrogens (tertiary/aromatic N) is 4. The Labute approximate surface area is 107 Å². The van der Waals surface area contributed by atoms with Gasteiger partial charge in [-0.25, -0.2) is 0 Å². The van der Waals surface area contributed by atoms with Crippen molar-refractivity contribution in [2.24, 2.45) is 5.11 Å². The van der Waals surface area contributed by atoms with Gasteiger partial charge in [-0.1, -0.05) is 22.8 Å². The zero-order valence-corrected chi connectivity index (χ0v) is 10.9. The van der Waals surface area contributed by atoms with Crippen LogP contribution in [0.5, 0.6) is 0 Å². The van der Waals surface area contributed by atoms with E-state index in [4.69, 9.17) is 5.53 Å². The van der Waals surface area contributed by atoms with E-state index >= 15 is 0 Å². The molecular weight excluding hydrogens is 226 g/mol. The second kappa shape index (κ2) is 6.65. The molecule has 1 aromatic rings. The summed E-state index contributed by atoms with van der Waals surface area (Å²) in [6.07, 6.45) is 0. The van der Waals surface area contributed by atoms with Crippen molar-refractivity contribution < 1.29 is 0 Å². The SMILES string of the molecule is Cc1cc(C)c(C(C#N)NCCN=[N+]=[N-])c(C)c1. The first kappa shape index (κ1) is 14.0. The third-order valence-electron chi connectivity index (χ3n) is 2.78. The molecule has 0 bridgehead atoms. The normalized spacial score (nSPS) is 11.4. The van der Waals surface area contributed by atoms with E-state index in [0.717, 1.165) is 16.7 Å². The monoisotopic (exact) mass is 243 g/mol. The van der Waals surface area contributed by atoms with Crippen LogP contribution >= 0.6 is 0 Å². The highest BCUT2D eigenvalue weighted by atomic mass is 15.1. The number of hydrogen-bond acceptors (Lipinski definition) is 3. The van der Waals surface area contributed by atoms with Crippen LogP contribution in [0.4, 0.5) is 0 Å². The molecule has 5 heteroatoms. The van der Waals surface area contributed by atoms with Crippen LogP contribution in [0.1, 0.15) is 28.3 Å². The molecule has 5 nitrogen and oxygen atoms in total. The molecular formula is C13H17N5. The van der Waals surface area contributed by atoms with E-state index in [-0.39, 0.29) is 6.04 Å². The van der Waals surface area contributed by atoms with Crippen LogP contribution in [0.15, 0.2) is 17.2 Å². The van der Waals surface area contributed by atoms with E-state index in [1.54, 1.807) is 0 Å². The minimum Gasteiger partial charge on any atom is -0.298 e. The van der Waals surface area contributed by atoms with Gasteiger partial charge < -0.3 is 0 Å². The Kier molecular flexibility index (Phi) is 5.19. The molecule has 0 aliphatic rings. The number of azide groups is 1. The van der Waals surface area contributed by atoms with Crippen molar-refractivity contribution in [1.29, 1.82) is 5.26 Å². The zero-order valence-electron chi connectivity index (χ0n) is 10.9. The third-order valence-corrected chi connectivity index (χ3v) is 2.78. The molecule has 0 aromatic heterocycles. The summed E-state index contributed by atoms with van der Waals surface area (Å²) in [5.74, 6) is 0. The highest BCUT2D eigenvalue weighted by Crippen LogP contribution is 2.23. The fraction of sp³-hybridized carbons (Fsp3) is 0.462. The molecule has 0 saturated carbocycles. The van der Waals surface area contributed by atoms with Crippen LogP contribution in [0.2, 0.25) is 0 Å². The second-order valence-corrected chi connectivity index (χ2v) is 4.28. The Morgan fingerprint density at radius 2 is 2.00 bits per heavy atom. The van der Waals surface area contributed by atoms with Crippen molar-refractivity contribution in [3.8, 4) is 6.07 Å². The number of hydrogen-bond donors (Lipinski definition) is 1. The Hall–Kier alpha value is -2.02. The molecule has 0 amide bonds. The largest absolute Gasteiger partial charge is 0.298 e. The summed E-state index contributed by atoms with van der Waals surface area (Å²) >= 11 is 0. The van der Waals surface area contributed by atoms with Crippen LogP contribution in [0.25, 0.3) is 10.4 Å². The first-order chi connectivity index (χ1) is 8.60. The van der Waals surface area contributed by atoms with E-state index in [2.05, 4.69) is 33.5 Å².